The maximum atomic E-state index is 13.0. The number of fused-ring (bicyclic) bond motifs is 2. The maximum absolute atomic E-state index is 13.0. The number of amides is 1. The smallest absolute Gasteiger partial charge is 0.252 e. The van der Waals surface area contributed by atoms with Crippen LogP contribution in [-0.2, 0) is 13.1 Å². The van der Waals surface area contributed by atoms with Crippen molar-refractivity contribution in [2.24, 2.45) is 0 Å². The number of imidazole rings is 1. The molecule has 0 atom stereocenters. The summed E-state index contributed by atoms with van der Waals surface area (Å²) in [5.74, 6) is 0.971. The van der Waals surface area contributed by atoms with E-state index in [0.29, 0.717) is 12.1 Å². The second kappa shape index (κ2) is 7.17. The number of carbonyl (C=O) groups excluding carboxylic acids is 1. The second-order valence-corrected chi connectivity index (χ2v) is 7.83. The number of rotatable bonds is 4. The van der Waals surface area contributed by atoms with Crippen LogP contribution >= 0.6 is 11.8 Å². The van der Waals surface area contributed by atoms with E-state index in [0.717, 1.165) is 45.2 Å². The molecule has 1 amide bonds. The highest BCUT2D eigenvalue weighted by Gasteiger charge is 2.23. The molecule has 0 saturated heterocycles. The molecule has 4 nitrogen and oxygen atoms in total. The molecule has 4 aromatic rings. The lowest BCUT2D eigenvalue weighted by molar-refractivity contribution is 0.0951. The van der Waals surface area contributed by atoms with Crippen LogP contribution < -0.4 is 5.32 Å². The summed E-state index contributed by atoms with van der Waals surface area (Å²) >= 11 is 1.77. The van der Waals surface area contributed by atoms with E-state index in [9.17, 15) is 4.79 Å². The van der Waals surface area contributed by atoms with Crippen LogP contribution in [0, 0.1) is 0 Å². The number of hydrogen-bond donors (Lipinski definition) is 1. The molecule has 0 bridgehead atoms. The van der Waals surface area contributed by atoms with Gasteiger partial charge < -0.3 is 9.88 Å². The first kappa shape index (κ1) is 17.1. The van der Waals surface area contributed by atoms with E-state index >= 15 is 0 Å². The van der Waals surface area contributed by atoms with Gasteiger partial charge in [-0.3, -0.25) is 4.79 Å². The summed E-state index contributed by atoms with van der Waals surface area (Å²) in [7, 11) is 0. The third-order valence-corrected chi connectivity index (χ3v) is 6.04. The number of nitrogens with zero attached hydrogens (tertiary/aromatic N) is 2. The van der Waals surface area contributed by atoms with Crippen molar-refractivity contribution in [1.29, 1.82) is 0 Å². The fourth-order valence-corrected chi connectivity index (χ4v) is 4.69. The zero-order valence-corrected chi connectivity index (χ0v) is 16.1. The Morgan fingerprint density at radius 1 is 1.00 bits per heavy atom. The molecule has 0 radical (unpaired) electrons. The highest BCUT2D eigenvalue weighted by Crippen LogP contribution is 2.33. The Balaban J connectivity index is 1.46. The van der Waals surface area contributed by atoms with Gasteiger partial charge >= 0.3 is 0 Å². The molecular formula is C23H19N3OS. The van der Waals surface area contributed by atoms with Crippen molar-refractivity contribution in [3.63, 3.8) is 0 Å². The minimum Gasteiger partial charge on any atom is -0.346 e. The molecule has 5 heteroatoms. The lowest BCUT2D eigenvalue weighted by Crippen LogP contribution is -2.24. The van der Waals surface area contributed by atoms with Crippen molar-refractivity contribution < 1.29 is 4.79 Å². The van der Waals surface area contributed by atoms with E-state index < -0.39 is 0 Å². The average molecular weight is 385 g/mol. The van der Waals surface area contributed by atoms with Gasteiger partial charge in [-0.05, 0) is 16.8 Å². The van der Waals surface area contributed by atoms with Crippen molar-refractivity contribution in [3.05, 3.63) is 84.1 Å². The Hall–Kier alpha value is -3.05. The van der Waals surface area contributed by atoms with Crippen LogP contribution in [0.2, 0.25) is 0 Å². The molecule has 1 aliphatic rings. The number of benzene rings is 3. The SMILES string of the molecule is O=C(NCc1c(-c2ccccc2)nc2n1CCS2)c1cccc2ccccc12. The fraction of sp³-hybridized carbons (Fsp3) is 0.130. The molecule has 0 unspecified atom stereocenters. The molecule has 0 aliphatic carbocycles. The summed E-state index contributed by atoms with van der Waals surface area (Å²) < 4.78 is 2.23. The number of hydrogen-bond acceptors (Lipinski definition) is 3. The van der Waals surface area contributed by atoms with Gasteiger partial charge in [-0.15, -0.1) is 0 Å². The molecule has 2 heterocycles. The normalized spacial score (nSPS) is 12.9. The van der Waals surface area contributed by atoms with Crippen LogP contribution in [0.15, 0.2) is 78.0 Å². The minimum atomic E-state index is -0.0583. The first-order chi connectivity index (χ1) is 13.8. The van der Waals surface area contributed by atoms with Crippen LogP contribution in [-0.4, -0.2) is 21.2 Å². The van der Waals surface area contributed by atoms with Crippen LogP contribution in [0.1, 0.15) is 16.1 Å². The first-order valence-corrected chi connectivity index (χ1v) is 10.3. The van der Waals surface area contributed by atoms with E-state index in [-0.39, 0.29) is 5.91 Å². The highest BCUT2D eigenvalue weighted by molar-refractivity contribution is 7.99. The van der Waals surface area contributed by atoms with E-state index in [1.165, 1.54) is 0 Å². The number of aromatic nitrogens is 2. The van der Waals surface area contributed by atoms with Crippen LogP contribution in [0.3, 0.4) is 0 Å². The molecule has 0 fully saturated rings. The maximum Gasteiger partial charge on any atom is 0.252 e. The number of carbonyl (C=O) groups is 1. The van der Waals surface area contributed by atoms with Gasteiger partial charge in [-0.1, -0.05) is 78.5 Å². The predicted molar refractivity (Wildman–Crippen MR) is 114 cm³/mol. The summed E-state index contributed by atoms with van der Waals surface area (Å²) in [4.78, 5) is 17.8. The Morgan fingerprint density at radius 2 is 1.79 bits per heavy atom. The molecule has 28 heavy (non-hydrogen) atoms. The molecule has 1 aromatic heterocycles. The molecular weight excluding hydrogens is 366 g/mol. The van der Waals surface area contributed by atoms with Gasteiger partial charge in [0.05, 0.1) is 17.9 Å². The monoisotopic (exact) mass is 385 g/mol. The Bertz CT molecular complexity index is 1160. The molecule has 0 saturated carbocycles. The Morgan fingerprint density at radius 3 is 2.68 bits per heavy atom. The Labute approximate surface area is 167 Å². The zero-order chi connectivity index (χ0) is 18.9. The van der Waals surface area contributed by atoms with Gasteiger partial charge in [0.25, 0.3) is 5.91 Å². The van der Waals surface area contributed by atoms with Gasteiger partial charge in [0.15, 0.2) is 5.16 Å². The van der Waals surface area contributed by atoms with Crippen LogP contribution in [0.4, 0.5) is 0 Å². The van der Waals surface area contributed by atoms with Crippen molar-refractivity contribution in [2.45, 2.75) is 18.2 Å². The summed E-state index contributed by atoms with van der Waals surface area (Å²) in [5, 5.41) is 6.20. The average Bonchev–Trinajstić information content (AvgIpc) is 3.34. The summed E-state index contributed by atoms with van der Waals surface area (Å²) in [6.07, 6.45) is 0. The molecule has 1 aliphatic heterocycles. The van der Waals surface area contributed by atoms with E-state index in [2.05, 4.69) is 22.0 Å². The van der Waals surface area contributed by atoms with Gasteiger partial charge in [0.2, 0.25) is 0 Å². The van der Waals surface area contributed by atoms with Crippen molar-refractivity contribution in [2.75, 3.05) is 5.75 Å². The molecule has 0 spiro atoms. The zero-order valence-electron chi connectivity index (χ0n) is 15.3. The summed E-state index contributed by atoms with van der Waals surface area (Å²) in [5.41, 5.74) is 3.81. The second-order valence-electron chi connectivity index (χ2n) is 6.77. The lowest BCUT2D eigenvalue weighted by Gasteiger charge is -2.11. The highest BCUT2D eigenvalue weighted by atomic mass is 32.2. The quantitative estimate of drug-likeness (QED) is 0.552. The van der Waals surface area contributed by atoms with Crippen molar-refractivity contribution in [1.82, 2.24) is 14.9 Å². The van der Waals surface area contributed by atoms with Gasteiger partial charge in [-0.25, -0.2) is 4.98 Å². The summed E-state index contributed by atoms with van der Waals surface area (Å²) in [6, 6.07) is 24.0. The van der Waals surface area contributed by atoms with Gasteiger partial charge in [0.1, 0.15) is 0 Å². The fourth-order valence-electron chi connectivity index (χ4n) is 3.72. The number of thioether (sulfide) groups is 1. The predicted octanol–water partition coefficient (Wildman–Crippen LogP) is 4.74. The van der Waals surface area contributed by atoms with E-state index in [4.69, 9.17) is 4.98 Å². The standard InChI is InChI=1S/C23H19N3OS/c27-22(19-12-6-10-16-7-4-5-11-18(16)19)24-15-20-21(17-8-2-1-3-9-17)25-23-26(20)13-14-28-23/h1-12H,13-15H2,(H,24,27). The molecule has 3 aromatic carbocycles. The lowest BCUT2D eigenvalue weighted by atomic mass is 10.0. The van der Waals surface area contributed by atoms with E-state index in [1.807, 2.05) is 60.7 Å². The third kappa shape index (κ3) is 2.98. The van der Waals surface area contributed by atoms with Crippen LogP contribution in [0.5, 0.6) is 0 Å². The number of nitrogens with one attached hydrogen (secondary N) is 1. The van der Waals surface area contributed by atoms with Crippen molar-refractivity contribution in [3.8, 4) is 11.3 Å². The molecule has 1 N–H and O–H groups in total. The molecule has 5 rings (SSSR count). The van der Waals surface area contributed by atoms with E-state index in [1.54, 1.807) is 11.8 Å². The van der Waals surface area contributed by atoms with Crippen LogP contribution in [0.25, 0.3) is 22.0 Å². The van der Waals surface area contributed by atoms with Gasteiger partial charge in [0, 0.05) is 23.4 Å². The largest absolute Gasteiger partial charge is 0.346 e. The van der Waals surface area contributed by atoms with Crippen molar-refractivity contribution >= 4 is 28.4 Å². The topological polar surface area (TPSA) is 46.9 Å². The first-order valence-electron chi connectivity index (χ1n) is 9.35. The third-order valence-electron chi connectivity index (χ3n) is 5.08. The molecule has 138 valence electrons. The Kier molecular flexibility index (Phi) is 4.37. The summed E-state index contributed by atoms with van der Waals surface area (Å²) in [6.45, 7) is 1.39. The minimum absolute atomic E-state index is 0.0583. The van der Waals surface area contributed by atoms with Gasteiger partial charge in [-0.2, -0.15) is 0 Å².